The van der Waals surface area contributed by atoms with Gasteiger partial charge < -0.3 is 33.3 Å². The zero-order valence-electron chi connectivity index (χ0n) is 49.8. The zero-order valence-corrected chi connectivity index (χ0v) is 49.8. The highest BCUT2D eigenvalue weighted by molar-refractivity contribution is 5.70. The second-order valence-corrected chi connectivity index (χ2v) is 21.2. The largest absolute Gasteiger partial charge is 0.545 e. The van der Waals surface area contributed by atoms with Gasteiger partial charge in [0.05, 0.1) is 40.3 Å². The van der Waals surface area contributed by atoms with Crippen LogP contribution in [0.3, 0.4) is 0 Å². The first-order valence-corrected chi connectivity index (χ1v) is 30.7. The van der Waals surface area contributed by atoms with Crippen LogP contribution in [0.15, 0.2) is 122 Å². The molecule has 9 heteroatoms. The van der Waals surface area contributed by atoms with Crippen LogP contribution in [0.25, 0.3) is 0 Å². The molecule has 0 saturated carbocycles. The minimum Gasteiger partial charge on any atom is -0.545 e. The molecule has 438 valence electrons. The molecule has 0 aromatic heterocycles. The van der Waals surface area contributed by atoms with E-state index in [-0.39, 0.29) is 38.6 Å². The van der Waals surface area contributed by atoms with Crippen LogP contribution in [0.1, 0.15) is 232 Å². The molecule has 2 atom stereocenters. The fraction of sp³-hybridized carbons (Fsp3) is 0.662. The van der Waals surface area contributed by atoms with Crippen molar-refractivity contribution < 1.29 is 42.9 Å². The molecule has 0 N–H and O–H groups in total. The maximum Gasteiger partial charge on any atom is 0.306 e. The Kier molecular flexibility index (Phi) is 54.6. The molecule has 0 bridgehead atoms. The van der Waals surface area contributed by atoms with Crippen LogP contribution in [0.5, 0.6) is 0 Å². The van der Waals surface area contributed by atoms with Gasteiger partial charge in [-0.15, -0.1) is 0 Å². The summed E-state index contributed by atoms with van der Waals surface area (Å²) in [5, 5.41) is 11.8. The Morgan fingerprint density at radius 2 is 0.701 bits per heavy atom. The number of carboxylic acid groups (broad SMARTS) is 1. The Hall–Kier alpha value is -4.31. The standard InChI is InChI=1S/C68H113NO8/c1-6-8-10-12-14-16-18-20-22-24-26-28-30-31-32-33-34-35-37-39-41-43-45-47-49-51-53-55-57-59-66(71)77-64(63-76-68(67(72)73)74-61-60-69(3,4)5)62-75-65(70)58-56-54-52-50-48-46-44-42-40-38-36-29-27-25-23-21-19-17-15-13-11-9-7-2/h8-11,14-17,20-23,26-29,31-32,38,40,64,68H,6-7,12-13,18-19,24-25,30,33-37,39,41-63H2,1-5H3/b10-8-,11-9-,16-14-,17-15-,22-20-,23-21-,28-26-,29-27-,32-31-,40-38-. The molecule has 0 rings (SSSR count). The lowest BCUT2D eigenvalue weighted by atomic mass is 10.0. The first-order chi connectivity index (χ1) is 37.6. The van der Waals surface area contributed by atoms with Crippen molar-refractivity contribution in [1.82, 2.24) is 0 Å². The molecule has 0 spiro atoms. The van der Waals surface area contributed by atoms with Gasteiger partial charge in [0.25, 0.3) is 0 Å². The van der Waals surface area contributed by atoms with Gasteiger partial charge in [0.15, 0.2) is 12.4 Å². The third-order valence-electron chi connectivity index (χ3n) is 12.7. The number of likely N-dealkylation sites (N-methyl/N-ethyl adjacent to an activating group) is 1. The van der Waals surface area contributed by atoms with E-state index in [1.54, 1.807) is 0 Å². The number of hydrogen-bond donors (Lipinski definition) is 0. The number of carbonyl (C=O) groups is 3. The fourth-order valence-corrected chi connectivity index (χ4v) is 8.06. The van der Waals surface area contributed by atoms with Crippen LogP contribution in [0.2, 0.25) is 0 Å². The van der Waals surface area contributed by atoms with Crippen molar-refractivity contribution in [2.75, 3.05) is 47.5 Å². The highest BCUT2D eigenvalue weighted by Crippen LogP contribution is 2.16. The molecule has 0 fully saturated rings. The normalized spacial score (nSPS) is 13.6. The van der Waals surface area contributed by atoms with Crippen LogP contribution >= 0.6 is 0 Å². The predicted octanol–water partition coefficient (Wildman–Crippen LogP) is 17.1. The van der Waals surface area contributed by atoms with E-state index in [0.717, 1.165) is 116 Å². The van der Waals surface area contributed by atoms with Crippen molar-refractivity contribution in [3.05, 3.63) is 122 Å². The van der Waals surface area contributed by atoms with Crippen LogP contribution in [0, 0.1) is 0 Å². The van der Waals surface area contributed by atoms with Gasteiger partial charge >= 0.3 is 11.9 Å². The fourth-order valence-electron chi connectivity index (χ4n) is 8.06. The number of carbonyl (C=O) groups excluding carboxylic acids is 3. The Morgan fingerprint density at radius 3 is 1.04 bits per heavy atom. The molecule has 0 aliphatic carbocycles. The molecule has 0 aliphatic heterocycles. The lowest BCUT2D eigenvalue weighted by Gasteiger charge is -2.26. The lowest BCUT2D eigenvalue weighted by molar-refractivity contribution is -0.870. The van der Waals surface area contributed by atoms with Crippen molar-refractivity contribution in [2.24, 2.45) is 0 Å². The van der Waals surface area contributed by atoms with Gasteiger partial charge in [0.2, 0.25) is 0 Å². The van der Waals surface area contributed by atoms with E-state index in [2.05, 4.69) is 135 Å². The minimum absolute atomic E-state index is 0.139. The molecule has 9 nitrogen and oxygen atoms in total. The SMILES string of the molecule is CC/C=C\C/C=C\C/C=C\C/C=C\C/C=C\CCCCCCCCCCCCCCCC(=O)OC(COC(=O)CCCCCCCCC/C=C\C/C=C\C/C=C\C/C=C\C/C=C\CC)COC(OCC[N+](C)(C)C)C(=O)[O-]. The quantitative estimate of drug-likeness (QED) is 0.0195. The number of nitrogens with zero attached hydrogens (tertiary/aromatic N) is 1. The highest BCUT2D eigenvalue weighted by atomic mass is 16.7. The van der Waals surface area contributed by atoms with E-state index in [1.807, 2.05) is 21.1 Å². The molecule has 2 unspecified atom stereocenters. The molecule has 0 heterocycles. The number of unbranched alkanes of at least 4 members (excludes halogenated alkanes) is 20. The maximum atomic E-state index is 12.9. The maximum absolute atomic E-state index is 12.9. The number of allylic oxidation sites excluding steroid dienone is 20. The van der Waals surface area contributed by atoms with Gasteiger partial charge in [0.1, 0.15) is 13.2 Å². The molecule has 77 heavy (non-hydrogen) atoms. The monoisotopic (exact) mass is 1070 g/mol. The number of hydrogen-bond acceptors (Lipinski definition) is 8. The van der Waals surface area contributed by atoms with Crippen LogP contribution in [-0.2, 0) is 33.3 Å². The van der Waals surface area contributed by atoms with Crippen LogP contribution < -0.4 is 5.11 Å². The average molecular weight is 1070 g/mol. The Morgan fingerprint density at radius 1 is 0.390 bits per heavy atom. The van der Waals surface area contributed by atoms with Crippen molar-refractivity contribution in [3.8, 4) is 0 Å². The topological polar surface area (TPSA) is 111 Å². The summed E-state index contributed by atoms with van der Waals surface area (Å²) in [6, 6.07) is 0. The Bertz CT molecular complexity index is 1670. The summed E-state index contributed by atoms with van der Waals surface area (Å²) in [4.78, 5) is 37.4. The summed E-state index contributed by atoms with van der Waals surface area (Å²) in [5.41, 5.74) is 0. The molecule has 0 aromatic carbocycles. The van der Waals surface area contributed by atoms with Crippen molar-refractivity contribution in [2.45, 2.75) is 245 Å². The number of ether oxygens (including phenoxy) is 4. The van der Waals surface area contributed by atoms with Gasteiger partial charge in [-0.05, 0) is 103 Å². The van der Waals surface area contributed by atoms with E-state index in [1.165, 1.54) is 83.5 Å². The van der Waals surface area contributed by atoms with Gasteiger partial charge in [-0.25, -0.2) is 0 Å². The Labute approximate surface area is 472 Å². The summed E-state index contributed by atoms with van der Waals surface area (Å²) in [5.74, 6) is -2.31. The molecular weight excluding hydrogens is 959 g/mol. The smallest absolute Gasteiger partial charge is 0.306 e. The summed E-state index contributed by atoms with van der Waals surface area (Å²) in [6.07, 6.45) is 78.2. The van der Waals surface area contributed by atoms with Gasteiger partial charge in [-0.3, -0.25) is 9.59 Å². The van der Waals surface area contributed by atoms with E-state index in [4.69, 9.17) is 18.9 Å². The third kappa shape index (κ3) is 59.2. The van der Waals surface area contributed by atoms with Crippen molar-refractivity contribution in [1.29, 1.82) is 0 Å². The van der Waals surface area contributed by atoms with Gasteiger partial charge in [0, 0.05) is 12.8 Å². The average Bonchev–Trinajstić information content (AvgIpc) is 3.40. The van der Waals surface area contributed by atoms with Crippen molar-refractivity contribution >= 4 is 17.9 Å². The molecule has 0 aromatic rings. The van der Waals surface area contributed by atoms with E-state index < -0.39 is 24.3 Å². The Balaban J connectivity index is 4.25. The lowest BCUT2D eigenvalue weighted by Crippen LogP contribution is -2.44. The number of carboxylic acids is 1. The second kappa shape index (κ2) is 57.9. The second-order valence-electron chi connectivity index (χ2n) is 21.2. The van der Waals surface area contributed by atoms with Crippen molar-refractivity contribution in [3.63, 3.8) is 0 Å². The molecule has 0 amide bonds. The number of aliphatic carboxylic acids is 1. The summed E-state index contributed by atoms with van der Waals surface area (Å²) in [7, 11) is 5.91. The zero-order chi connectivity index (χ0) is 56.2. The van der Waals surface area contributed by atoms with E-state index in [0.29, 0.717) is 17.4 Å². The third-order valence-corrected chi connectivity index (χ3v) is 12.7. The molecule has 0 radical (unpaired) electrons. The number of esters is 2. The summed E-state index contributed by atoms with van der Waals surface area (Å²) >= 11 is 0. The highest BCUT2D eigenvalue weighted by Gasteiger charge is 2.22. The predicted molar refractivity (Wildman–Crippen MR) is 324 cm³/mol. The van der Waals surface area contributed by atoms with E-state index >= 15 is 0 Å². The number of quaternary nitrogens is 1. The van der Waals surface area contributed by atoms with E-state index in [9.17, 15) is 19.5 Å². The molecule has 0 saturated heterocycles. The first-order valence-electron chi connectivity index (χ1n) is 30.7. The summed E-state index contributed by atoms with van der Waals surface area (Å²) in [6.45, 7) is 4.50. The molecular formula is C68H113NO8. The van der Waals surface area contributed by atoms with Crippen LogP contribution in [0.4, 0.5) is 0 Å². The van der Waals surface area contributed by atoms with Gasteiger partial charge in [-0.2, -0.15) is 0 Å². The molecule has 0 aliphatic rings. The minimum atomic E-state index is -1.63. The van der Waals surface area contributed by atoms with Gasteiger partial charge in [-0.1, -0.05) is 238 Å². The van der Waals surface area contributed by atoms with Crippen LogP contribution in [-0.4, -0.2) is 82.3 Å². The number of rotatable bonds is 55. The first kappa shape index (κ1) is 72.7. The summed E-state index contributed by atoms with van der Waals surface area (Å²) < 4.78 is 22.7.